The van der Waals surface area contributed by atoms with Crippen LogP contribution in [0.1, 0.15) is 0 Å². The first kappa shape index (κ1) is 8.69. The summed E-state index contributed by atoms with van der Waals surface area (Å²) < 4.78 is 0. The quantitative estimate of drug-likeness (QED) is 0.613. The van der Waals surface area contributed by atoms with E-state index in [1.807, 2.05) is 48.7 Å². The Balaban J connectivity index is 2.09. The van der Waals surface area contributed by atoms with Gasteiger partial charge in [0.2, 0.25) is 0 Å². The lowest BCUT2D eigenvalue weighted by atomic mass is 10.2. The normalized spacial score (nSPS) is 18.2. The molecule has 0 fully saturated rings. The Morgan fingerprint density at radius 3 is 2.36 bits per heavy atom. The van der Waals surface area contributed by atoms with Crippen LogP contribution in [0.4, 0.5) is 0 Å². The van der Waals surface area contributed by atoms with Gasteiger partial charge in [-0.05, 0) is 23.8 Å². The van der Waals surface area contributed by atoms with Gasteiger partial charge in [0.25, 0.3) is 0 Å². The van der Waals surface area contributed by atoms with Crippen molar-refractivity contribution in [3.8, 4) is 0 Å². The number of hydrogen-bond donors (Lipinski definition) is 0. The van der Waals surface area contributed by atoms with Crippen LogP contribution in [0, 0.1) is 0 Å². The third-order valence-corrected chi connectivity index (χ3v) is 1.91. The zero-order chi connectivity index (χ0) is 9.80. The maximum Gasteiger partial charge on any atom is 0.151 e. The molecule has 0 bridgehead atoms. The highest BCUT2D eigenvalue weighted by Crippen LogP contribution is 2.09. The van der Waals surface area contributed by atoms with E-state index in [0.717, 1.165) is 11.4 Å². The Morgan fingerprint density at radius 2 is 1.71 bits per heavy atom. The van der Waals surface area contributed by atoms with Crippen LogP contribution in [0.25, 0.3) is 0 Å². The van der Waals surface area contributed by atoms with Gasteiger partial charge in [-0.25, -0.2) is 9.98 Å². The molecule has 0 radical (unpaired) electrons. The molecule has 2 heterocycles. The van der Waals surface area contributed by atoms with Crippen molar-refractivity contribution >= 4 is 12.4 Å². The smallest absolute Gasteiger partial charge is 0.151 e. The van der Waals surface area contributed by atoms with Crippen LogP contribution in [0.15, 0.2) is 58.1 Å². The fraction of sp³-hybridized carbons (Fsp3) is 0.0909. The van der Waals surface area contributed by atoms with Gasteiger partial charge in [-0.15, -0.1) is 0 Å². The summed E-state index contributed by atoms with van der Waals surface area (Å²) in [5.74, 6) is 0.748. The molecule has 0 aromatic rings. The van der Waals surface area contributed by atoms with E-state index in [-0.39, 0.29) is 0 Å². The second kappa shape index (κ2) is 3.87. The summed E-state index contributed by atoms with van der Waals surface area (Å²) in [6.45, 7) is 0. The van der Waals surface area contributed by atoms with E-state index >= 15 is 0 Å². The van der Waals surface area contributed by atoms with Gasteiger partial charge in [-0.2, -0.15) is 0 Å². The Labute approximate surface area is 83.2 Å². The molecule has 0 N–H and O–H groups in total. The largest absolute Gasteiger partial charge is 0.357 e. The van der Waals surface area contributed by atoms with E-state index in [1.54, 1.807) is 12.4 Å². The minimum absolute atomic E-state index is 0.748. The van der Waals surface area contributed by atoms with E-state index in [9.17, 15) is 0 Å². The van der Waals surface area contributed by atoms with Crippen LogP contribution in [0.5, 0.6) is 0 Å². The average Bonchev–Trinajstić information content (AvgIpc) is 2.70. The standard InChI is InChI=1S/C11H11N3/c1-14-8-4-10(5-9-14)2-3-11-12-6-7-13-11/h2-9H,1H3. The Hall–Kier alpha value is -1.90. The minimum Gasteiger partial charge on any atom is -0.357 e. The molecule has 0 amide bonds. The molecular formula is C11H11N3. The number of hydrogen-bond acceptors (Lipinski definition) is 3. The molecule has 3 nitrogen and oxygen atoms in total. The summed E-state index contributed by atoms with van der Waals surface area (Å²) in [5.41, 5.74) is 1.15. The number of rotatable bonds is 1. The maximum absolute atomic E-state index is 4.05. The lowest BCUT2D eigenvalue weighted by Crippen LogP contribution is -2.02. The molecule has 0 aliphatic carbocycles. The van der Waals surface area contributed by atoms with Crippen molar-refractivity contribution in [1.82, 2.24) is 4.90 Å². The summed E-state index contributed by atoms with van der Waals surface area (Å²) in [4.78, 5) is 10.1. The van der Waals surface area contributed by atoms with E-state index in [2.05, 4.69) is 9.98 Å². The molecule has 14 heavy (non-hydrogen) atoms. The van der Waals surface area contributed by atoms with Crippen molar-refractivity contribution in [1.29, 1.82) is 0 Å². The highest BCUT2D eigenvalue weighted by Gasteiger charge is 1.95. The lowest BCUT2D eigenvalue weighted by Gasteiger charge is -2.11. The minimum atomic E-state index is 0.748. The van der Waals surface area contributed by atoms with Gasteiger partial charge in [0.15, 0.2) is 5.82 Å². The van der Waals surface area contributed by atoms with Gasteiger partial charge >= 0.3 is 0 Å². The van der Waals surface area contributed by atoms with Crippen LogP contribution in [0.3, 0.4) is 0 Å². The average molecular weight is 185 g/mol. The number of allylic oxidation sites excluding steroid dienone is 5. The monoisotopic (exact) mass is 185 g/mol. The van der Waals surface area contributed by atoms with Crippen LogP contribution in [-0.2, 0) is 0 Å². The highest BCUT2D eigenvalue weighted by atomic mass is 15.0. The van der Waals surface area contributed by atoms with Crippen molar-refractivity contribution in [2.24, 2.45) is 9.98 Å². The first-order valence-corrected chi connectivity index (χ1v) is 4.42. The first-order chi connectivity index (χ1) is 6.84. The van der Waals surface area contributed by atoms with Crippen LogP contribution in [-0.4, -0.2) is 24.4 Å². The van der Waals surface area contributed by atoms with Crippen molar-refractivity contribution in [2.75, 3.05) is 7.05 Å². The summed E-state index contributed by atoms with van der Waals surface area (Å²) in [6, 6.07) is 0. The zero-order valence-electron chi connectivity index (χ0n) is 7.96. The summed E-state index contributed by atoms with van der Waals surface area (Å²) in [5, 5.41) is 0. The molecule has 0 saturated carbocycles. The molecular weight excluding hydrogens is 174 g/mol. The van der Waals surface area contributed by atoms with Gasteiger partial charge in [0.05, 0.1) is 0 Å². The maximum atomic E-state index is 4.05. The van der Waals surface area contributed by atoms with Crippen LogP contribution < -0.4 is 0 Å². The second-order valence-electron chi connectivity index (χ2n) is 3.04. The zero-order valence-corrected chi connectivity index (χ0v) is 7.96. The molecule has 2 rings (SSSR count). The molecule has 2 aliphatic rings. The number of nitrogens with zero attached hydrogens (tertiary/aromatic N) is 3. The van der Waals surface area contributed by atoms with Gasteiger partial charge in [0, 0.05) is 31.9 Å². The van der Waals surface area contributed by atoms with E-state index < -0.39 is 0 Å². The van der Waals surface area contributed by atoms with Crippen LogP contribution in [0.2, 0.25) is 0 Å². The highest BCUT2D eigenvalue weighted by molar-refractivity contribution is 6.18. The fourth-order valence-electron chi connectivity index (χ4n) is 1.13. The van der Waals surface area contributed by atoms with Crippen molar-refractivity contribution in [3.63, 3.8) is 0 Å². The third kappa shape index (κ3) is 2.07. The lowest BCUT2D eigenvalue weighted by molar-refractivity contribution is 0.620. The van der Waals surface area contributed by atoms with Crippen molar-refractivity contribution < 1.29 is 0 Å². The van der Waals surface area contributed by atoms with Gasteiger partial charge in [-0.1, -0.05) is 6.08 Å². The SMILES string of the molecule is CN1C=CC(=CC=C2N=CC=N2)C=C1. The summed E-state index contributed by atoms with van der Waals surface area (Å²) in [7, 11) is 1.99. The first-order valence-electron chi connectivity index (χ1n) is 4.42. The topological polar surface area (TPSA) is 28.0 Å². The molecule has 3 heteroatoms. The van der Waals surface area contributed by atoms with E-state index in [0.29, 0.717) is 0 Å². The molecule has 0 unspecified atom stereocenters. The Bertz CT molecular complexity index is 365. The van der Waals surface area contributed by atoms with Crippen molar-refractivity contribution in [2.45, 2.75) is 0 Å². The second-order valence-corrected chi connectivity index (χ2v) is 3.04. The Kier molecular flexibility index (Phi) is 2.40. The van der Waals surface area contributed by atoms with E-state index in [4.69, 9.17) is 0 Å². The third-order valence-electron chi connectivity index (χ3n) is 1.91. The number of aliphatic imine (C=N–C) groups is 2. The van der Waals surface area contributed by atoms with Crippen molar-refractivity contribution in [3.05, 3.63) is 48.1 Å². The molecule has 70 valence electrons. The van der Waals surface area contributed by atoms with Gasteiger partial charge in [0.1, 0.15) is 0 Å². The molecule has 2 aliphatic heterocycles. The van der Waals surface area contributed by atoms with Crippen LogP contribution >= 0.6 is 0 Å². The summed E-state index contributed by atoms with van der Waals surface area (Å²) in [6.07, 6.45) is 15.4. The molecule has 0 aromatic carbocycles. The van der Waals surface area contributed by atoms with Gasteiger partial charge in [-0.3, -0.25) is 0 Å². The molecule has 0 atom stereocenters. The molecule has 0 saturated heterocycles. The van der Waals surface area contributed by atoms with Gasteiger partial charge < -0.3 is 4.90 Å². The fourth-order valence-corrected chi connectivity index (χ4v) is 1.13. The molecule has 0 aromatic heterocycles. The molecule has 0 spiro atoms. The Morgan fingerprint density at radius 1 is 1.07 bits per heavy atom. The summed E-state index contributed by atoms with van der Waals surface area (Å²) >= 11 is 0. The predicted molar refractivity (Wildman–Crippen MR) is 59.2 cm³/mol. The predicted octanol–water partition coefficient (Wildman–Crippen LogP) is 1.88. The van der Waals surface area contributed by atoms with E-state index in [1.165, 1.54) is 0 Å².